The number of ether oxygens (including phenoxy) is 1. The lowest BCUT2D eigenvalue weighted by Gasteiger charge is -2.48. The van der Waals surface area contributed by atoms with Gasteiger partial charge in [-0.15, -0.1) is 0 Å². The highest BCUT2D eigenvalue weighted by atomic mass is 19.1. The summed E-state index contributed by atoms with van der Waals surface area (Å²) < 4.78 is 19.0. The van der Waals surface area contributed by atoms with Crippen molar-refractivity contribution in [2.75, 3.05) is 7.11 Å². The Bertz CT molecular complexity index is 793. The molecule has 142 valence electrons. The predicted molar refractivity (Wildman–Crippen MR) is 103 cm³/mol. The van der Waals surface area contributed by atoms with Crippen LogP contribution in [0, 0.1) is 11.7 Å². The van der Waals surface area contributed by atoms with Crippen molar-refractivity contribution in [3.8, 4) is 5.75 Å². The molecule has 2 heterocycles. The van der Waals surface area contributed by atoms with Crippen LogP contribution in [0.15, 0.2) is 48.5 Å². The number of nitrogens with zero attached hydrogens (tertiary/aromatic N) is 1. The van der Waals surface area contributed by atoms with Crippen molar-refractivity contribution in [1.82, 2.24) is 4.90 Å². The second-order valence-corrected chi connectivity index (χ2v) is 7.77. The van der Waals surface area contributed by atoms with Crippen LogP contribution >= 0.6 is 0 Å². The Morgan fingerprint density at radius 3 is 2.48 bits per heavy atom. The average molecular weight is 367 g/mol. The number of benzene rings is 2. The second-order valence-electron chi connectivity index (χ2n) is 7.77. The number of ketones is 1. The Balaban J connectivity index is 1.53. The molecule has 2 aliphatic heterocycles. The highest BCUT2D eigenvalue weighted by molar-refractivity contribution is 6.00. The number of halogens is 1. The molecule has 27 heavy (non-hydrogen) atoms. The maximum absolute atomic E-state index is 13.7. The van der Waals surface area contributed by atoms with Crippen LogP contribution in [0.3, 0.4) is 0 Å². The topological polar surface area (TPSA) is 29.5 Å². The molecule has 2 fully saturated rings. The van der Waals surface area contributed by atoms with Crippen molar-refractivity contribution < 1.29 is 13.9 Å². The molecule has 2 aliphatic rings. The minimum absolute atomic E-state index is 0.0302. The number of carbonyl (C=O) groups is 1. The van der Waals surface area contributed by atoms with E-state index in [1.807, 2.05) is 6.07 Å². The molecule has 2 saturated heterocycles. The van der Waals surface area contributed by atoms with Crippen LogP contribution in [0.2, 0.25) is 0 Å². The minimum atomic E-state index is -0.388. The van der Waals surface area contributed by atoms with Gasteiger partial charge in [-0.1, -0.05) is 36.8 Å². The zero-order valence-electron chi connectivity index (χ0n) is 15.7. The summed E-state index contributed by atoms with van der Waals surface area (Å²) in [6.07, 6.45) is 5.19. The fraction of sp³-hybridized carbons (Fsp3) is 0.435. The van der Waals surface area contributed by atoms with Gasteiger partial charge in [-0.3, -0.25) is 9.69 Å². The van der Waals surface area contributed by atoms with E-state index in [1.165, 1.54) is 31.2 Å². The fourth-order valence-corrected chi connectivity index (χ4v) is 4.84. The van der Waals surface area contributed by atoms with E-state index in [2.05, 4.69) is 29.2 Å². The second kappa shape index (κ2) is 7.81. The van der Waals surface area contributed by atoms with Crippen molar-refractivity contribution in [2.24, 2.45) is 5.92 Å². The van der Waals surface area contributed by atoms with Crippen LogP contribution < -0.4 is 4.74 Å². The SMILES string of the molecule is COc1ccc(F)cc1C(=O)C1CC2CCCC(C1)N2Cc1ccccc1. The van der Waals surface area contributed by atoms with E-state index >= 15 is 0 Å². The van der Waals surface area contributed by atoms with E-state index in [4.69, 9.17) is 4.74 Å². The van der Waals surface area contributed by atoms with Gasteiger partial charge in [0, 0.05) is 24.5 Å². The molecular formula is C23H26FNO2. The Hall–Kier alpha value is -2.20. The maximum atomic E-state index is 13.7. The summed E-state index contributed by atoms with van der Waals surface area (Å²) in [6.45, 7) is 0.945. The lowest BCUT2D eigenvalue weighted by atomic mass is 9.75. The molecule has 0 saturated carbocycles. The van der Waals surface area contributed by atoms with Crippen molar-refractivity contribution >= 4 is 5.78 Å². The van der Waals surface area contributed by atoms with Gasteiger partial charge in [-0.25, -0.2) is 4.39 Å². The summed E-state index contributed by atoms with van der Waals surface area (Å²) >= 11 is 0. The lowest BCUT2D eigenvalue weighted by molar-refractivity contribution is 0.00898. The highest BCUT2D eigenvalue weighted by Crippen LogP contribution is 2.40. The maximum Gasteiger partial charge on any atom is 0.169 e. The number of rotatable bonds is 5. The normalized spacial score (nSPS) is 25.2. The number of hydrogen-bond donors (Lipinski definition) is 0. The molecule has 2 aromatic carbocycles. The van der Waals surface area contributed by atoms with Gasteiger partial charge in [0.25, 0.3) is 0 Å². The van der Waals surface area contributed by atoms with Crippen LogP contribution in [0.4, 0.5) is 4.39 Å². The first-order valence-corrected chi connectivity index (χ1v) is 9.83. The molecule has 0 spiro atoms. The summed E-state index contributed by atoms with van der Waals surface area (Å²) in [4.78, 5) is 15.8. The third-order valence-corrected chi connectivity index (χ3v) is 6.13. The molecule has 0 radical (unpaired) electrons. The number of Topliss-reactive ketones (excluding diaryl/α,β-unsaturated/α-hetero) is 1. The summed E-state index contributed by atoms with van der Waals surface area (Å²) in [5, 5.41) is 0. The average Bonchev–Trinajstić information content (AvgIpc) is 2.68. The van der Waals surface area contributed by atoms with E-state index in [9.17, 15) is 9.18 Å². The van der Waals surface area contributed by atoms with E-state index in [0.717, 1.165) is 32.2 Å². The fourth-order valence-electron chi connectivity index (χ4n) is 4.84. The standard InChI is InChI=1S/C23H26FNO2/c1-27-22-11-10-18(24)14-21(22)23(26)17-12-19-8-5-9-20(13-17)25(19)15-16-6-3-2-4-7-16/h2-4,6-7,10-11,14,17,19-20H,5,8-9,12-13,15H2,1H3. The molecule has 0 aromatic heterocycles. The molecule has 2 unspecified atom stereocenters. The zero-order chi connectivity index (χ0) is 18.8. The molecule has 3 nitrogen and oxygen atoms in total. The number of methoxy groups -OCH3 is 1. The van der Waals surface area contributed by atoms with Crippen molar-refractivity contribution in [3.63, 3.8) is 0 Å². The first-order valence-electron chi connectivity index (χ1n) is 9.83. The van der Waals surface area contributed by atoms with E-state index < -0.39 is 0 Å². The van der Waals surface area contributed by atoms with Gasteiger partial charge in [-0.05, 0) is 49.4 Å². The highest BCUT2D eigenvalue weighted by Gasteiger charge is 2.41. The van der Waals surface area contributed by atoms with Crippen molar-refractivity contribution in [2.45, 2.75) is 50.7 Å². The Morgan fingerprint density at radius 2 is 1.81 bits per heavy atom. The monoisotopic (exact) mass is 367 g/mol. The van der Waals surface area contributed by atoms with Crippen LogP contribution in [-0.2, 0) is 6.54 Å². The quantitative estimate of drug-likeness (QED) is 0.708. The third-order valence-electron chi connectivity index (χ3n) is 6.13. The van der Waals surface area contributed by atoms with E-state index in [0.29, 0.717) is 23.4 Å². The number of carbonyl (C=O) groups excluding carboxylic acids is 1. The Morgan fingerprint density at radius 1 is 1.11 bits per heavy atom. The van der Waals surface area contributed by atoms with Gasteiger partial charge < -0.3 is 4.74 Å². The molecule has 0 N–H and O–H groups in total. The molecule has 0 amide bonds. The molecule has 2 aromatic rings. The molecule has 4 heteroatoms. The first kappa shape index (κ1) is 18.2. The van der Waals surface area contributed by atoms with Crippen LogP contribution in [-0.4, -0.2) is 29.9 Å². The van der Waals surface area contributed by atoms with E-state index in [-0.39, 0.29) is 17.5 Å². The Kier molecular flexibility index (Phi) is 5.26. The van der Waals surface area contributed by atoms with Gasteiger partial charge in [0.2, 0.25) is 0 Å². The van der Waals surface area contributed by atoms with Crippen molar-refractivity contribution in [3.05, 3.63) is 65.5 Å². The van der Waals surface area contributed by atoms with Gasteiger partial charge in [-0.2, -0.15) is 0 Å². The summed E-state index contributed by atoms with van der Waals surface area (Å²) in [5.74, 6) is 0.0600. The van der Waals surface area contributed by atoms with E-state index in [1.54, 1.807) is 6.07 Å². The summed E-state index contributed by atoms with van der Waals surface area (Å²) in [5.41, 5.74) is 1.71. The lowest BCUT2D eigenvalue weighted by Crippen LogP contribution is -2.52. The summed E-state index contributed by atoms with van der Waals surface area (Å²) in [6, 6.07) is 15.6. The molecular weight excluding hydrogens is 341 g/mol. The van der Waals surface area contributed by atoms with Gasteiger partial charge in [0.15, 0.2) is 5.78 Å². The summed E-state index contributed by atoms with van der Waals surface area (Å²) in [7, 11) is 1.53. The number of piperidine rings is 2. The number of hydrogen-bond acceptors (Lipinski definition) is 3. The molecule has 0 aliphatic carbocycles. The minimum Gasteiger partial charge on any atom is -0.496 e. The number of fused-ring (bicyclic) bond motifs is 2. The smallest absolute Gasteiger partial charge is 0.169 e. The van der Waals surface area contributed by atoms with Gasteiger partial charge >= 0.3 is 0 Å². The van der Waals surface area contributed by atoms with Crippen LogP contribution in [0.25, 0.3) is 0 Å². The molecule has 2 bridgehead atoms. The van der Waals surface area contributed by atoms with Gasteiger partial charge in [0.1, 0.15) is 11.6 Å². The zero-order valence-corrected chi connectivity index (χ0v) is 15.7. The predicted octanol–water partition coefficient (Wildman–Crippen LogP) is 4.85. The Labute approximate surface area is 160 Å². The third kappa shape index (κ3) is 3.77. The molecule has 4 rings (SSSR count). The molecule has 2 atom stereocenters. The van der Waals surface area contributed by atoms with Crippen LogP contribution in [0.1, 0.15) is 48.0 Å². The first-order chi connectivity index (χ1) is 13.2. The largest absolute Gasteiger partial charge is 0.496 e. The van der Waals surface area contributed by atoms with Crippen molar-refractivity contribution in [1.29, 1.82) is 0 Å². The van der Waals surface area contributed by atoms with Gasteiger partial charge in [0.05, 0.1) is 12.7 Å². The van der Waals surface area contributed by atoms with Crippen LogP contribution in [0.5, 0.6) is 5.75 Å².